The van der Waals surface area contributed by atoms with Crippen LogP contribution in [0.15, 0.2) is 24.3 Å². The molecule has 27 heavy (non-hydrogen) atoms. The molecule has 2 atom stereocenters. The van der Waals surface area contributed by atoms with Crippen molar-refractivity contribution in [2.75, 3.05) is 13.1 Å². The number of nitrogens with one attached hydrogen (secondary N) is 1. The Morgan fingerprint density at radius 2 is 1.67 bits per heavy atom. The number of nitrogens with zero attached hydrogens (tertiary/aromatic N) is 1. The average Bonchev–Trinajstić information content (AvgIpc) is 3.45. The molecule has 1 aromatic carbocycles. The van der Waals surface area contributed by atoms with Crippen LogP contribution in [0, 0.1) is 23.6 Å². The predicted octanol–water partition coefficient (Wildman–Crippen LogP) is 3.30. The minimum absolute atomic E-state index is 0.0281. The molecule has 0 bridgehead atoms. The Kier molecular flexibility index (Phi) is 5.46. The Balaban J connectivity index is 1.27. The third-order valence-corrected chi connectivity index (χ3v) is 6.50. The van der Waals surface area contributed by atoms with Crippen molar-refractivity contribution in [1.82, 2.24) is 10.2 Å². The molecule has 0 aromatic heterocycles. The maximum Gasteiger partial charge on any atom is 0.225 e. The van der Waals surface area contributed by atoms with Crippen molar-refractivity contribution in [3.8, 4) is 0 Å². The van der Waals surface area contributed by atoms with Gasteiger partial charge in [-0.2, -0.15) is 0 Å². The second-order valence-corrected chi connectivity index (χ2v) is 8.51. The Bertz CT molecular complexity index is 678. The Hall–Kier alpha value is -1.91. The van der Waals surface area contributed by atoms with E-state index in [1.807, 2.05) is 17.0 Å². The quantitative estimate of drug-likeness (QED) is 0.862. The summed E-state index contributed by atoms with van der Waals surface area (Å²) in [6.07, 6.45) is 7.78. The number of halogens is 1. The van der Waals surface area contributed by atoms with Crippen LogP contribution in [-0.4, -0.2) is 35.8 Å². The highest BCUT2D eigenvalue weighted by Crippen LogP contribution is 2.33. The van der Waals surface area contributed by atoms with Gasteiger partial charge in [-0.25, -0.2) is 4.39 Å². The summed E-state index contributed by atoms with van der Waals surface area (Å²) in [7, 11) is 0. The molecule has 0 spiro atoms. The van der Waals surface area contributed by atoms with Gasteiger partial charge in [0.05, 0.1) is 0 Å². The monoisotopic (exact) mass is 372 g/mol. The van der Waals surface area contributed by atoms with Crippen LogP contribution in [0.3, 0.4) is 0 Å². The van der Waals surface area contributed by atoms with Gasteiger partial charge in [0.15, 0.2) is 0 Å². The number of hydrogen-bond acceptors (Lipinski definition) is 2. The van der Waals surface area contributed by atoms with E-state index in [0.29, 0.717) is 11.8 Å². The lowest BCUT2D eigenvalue weighted by molar-refractivity contribution is -0.136. The van der Waals surface area contributed by atoms with Crippen molar-refractivity contribution in [1.29, 1.82) is 0 Å². The van der Waals surface area contributed by atoms with Gasteiger partial charge in [0.2, 0.25) is 11.8 Å². The second kappa shape index (κ2) is 7.99. The maximum absolute atomic E-state index is 13.1. The van der Waals surface area contributed by atoms with Gasteiger partial charge in [0.25, 0.3) is 0 Å². The fourth-order valence-corrected chi connectivity index (χ4v) is 4.65. The molecule has 5 heteroatoms. The fourth-order valence-electron chi connectivity index (χ4n) is 4.65. The summed E-state index contributed by atoms with van der Waals surface area (Å²) < 4.78 is 13.1. The molecule has 0 unspecified atom stereocenters. The first-order chi connectivity index (χ1) is 13.1. The van der Waals surface area contributed by atoms with Gasteiger partial charge < -0.3 is 10.2 Å². The number of carbonyl (C=O) groups is 2. The molecule has 0 radical (unpaired) electrons. The van der Waals surface area contributed by atoms with Crippen molar-refractivity contribution in [2.24, 2.45) is 17.8 Å². The minimum Gasteiger partial charge on any atom is -0.353 e. The molecular weight excluding hydrogens is 343 g/mol. The van der Waals surface area contributed by atoms with Crippen LogP contribution in [0.5, 0.6) is 0 Å². The van der Waals surface area contributed by atoms with E-state index in [-0.39, 0.29) is 29.6 Å². The zero-order valence-corrected chi connectivity index (χ0v) is 15.8. The van der Waals surface area contributed by atoms with Crippen molar-refractivity contribution < 1.29 is 14.0 Å². The van der Waals surface area contributed by atoms with Crippen molar-refractivity contribution in [2.45, 2.75) is 57.4 Å². The van der Waals surface area contributed by atoms with Gasteiger partial charge in [-0.05, 0) is 68.6 Å². The maximum atomic E-state index is 13.1. The molecule has 2 aliphatic carbocycles. The Morgan fingerprint density at radius 1 is 0.963 bits per heavy atom. The number of carbonyl (C=O) groups excluding carboxylic acids is 2. The van der Waals surface area contributed by atoms with Crippen LogP contribution in [0.25, 0.3) is 0 Å². The van der Waals surface area contributed by atoms with E-state index in [0.717, 1.165) is 70.0 Å². The molecule has 2 amide bonds. The topological polar surface area (TPSA) is 49.4 Å². The van der Waals surface area contributed by atoms with Crippen molar-refractivity contribution in [3.05, 3.63) is 35.6 Å². The molecule has 3 fully saturated rings. The van der Waals surface area contributed by atoms with E-state index < -0.39 is 0 Å². The molecule has 1 aliphatic heterocycles. The van der Waals surface area contributed by atoms with E-state index in [1.54, 1.807) is 0 Å². The number of amides is 2. The molecule has 4 rings (SSSR count). The van der Waals surface area contributed by atoms with Crippen LogP contribution in [0.1, 0.15) is 50.5 Å². The Labute approximate surface area is 160 Å². The third kappa shape index (κ3) is 4.50. The second-order valence-electron chi connectivity index (χ2n) is 8.51. The summed E-state index contributed by atoms with van der Waals surface area (Å²) in [6, 6.07) is 6.93. The lowest BCUT2D eigenvalue weighted by Crippen LogP contribution is -2.46. The summed E-state index contributed by atoms with van der Waals surface area (Å²) in [6.45, 7) is 1.44. The average molecular weight is 372 g/mol. The normalized spacial score (nSPS) is 26.2. The van der Waals surface area contributed by atoms with Crippen LogP contribution < -0.4 is 5.32 Å². The summed E-state index contributed by atoms with van der Waals surface area (Å²) in [4.78, 5) is 26.9. The zero-order valence-electron chi connectivity index (χ0n) is 15.8. The number of piperidine rings is 1. The Morgan fingerprint density at radius 3 is 2.33 bits per heavy atom. The van der Waals surface area contributed by atoms with Gasteiger partial charge in [0, 0.05) is 31.0 Å². The van der Waals surface area contributed by atoms with E-state index in [1.165, 1.54) is 12.1 Å². The molecule has 2 saturated carbocycles. The fraction of sp³-hybridized carbons (Fsp3) is 0.636. The SMILES string of the molecule is O=C(N[C@H]1CCC[C@H]1Cc1ccc(F)cc1)C1CCN(C(=O)C2CC2)CC1. The first-order valence-corrected chi connectivity index (χ1v) is 10.4. The van der Waals surface area contributed by atoms with E-state index in [2.05, 4.69) is 5.32 Å². The van der Waals surface area contributed by atoms with E-state index in [9.17, 15) is 14.0 Å². The van der Waals surface area contributed by atoms with E-state index >= 15 is 0 Å². The summed E-state index contributed by atoms with van der Waals surface area (Å²) >= 11 is 0. The summed E-state index contributed by atoms with van der Waals surface area (Å²) in [5.74, 6) is 0.965. The van der Waals surface area contributed by atoms with Crippen LogP contribution in [-0.2, 0) is 16.0 Å². The van der Waals surface area contributed by atoms with Gasteiger partial charge in [0.1, 0.15) is 5.82 Å². The third-order valence-electron chi connectivity index (χ3n) is 6.50. The zero-order chi connectivity index (χ0) is 18.8. The molecule has 3 aliphatic rings. The number of hydrogen-bond donors (Lipinski definition) is 1. The van der Waals surface area contributed by atoms with E-state index in [4.69, 9.17) is 0 Å². The minimum atomic E-state index is -0.207. The highest BCUT2D eigenvalue weighted by molar-refractivity contribution is 5.82. The highest BCUT2D eigenvalue weighted by Gasteiger charge is 2.37. The summed E-state index contributed by atoms with van der Waals surface area (Å²) in [5.41, 5.74) is 1.13. The first kappa shape index (κ1) is 18.5. The van der Waals surface area contributed by atoms with Gasteiger partial charge in [-0.3, -0.25) is 9.59 Å². The van der Waals surface area contributed by atoms with Gasteiger partial charge in [-0.1, -0.05) is 18.6 Å². The largest absolute Gasteiger partial charge is 0.353 e. The molecule has 1 N–H and O–H groups in total. The number of benzene rings is 1. The van der Waals surface area contributed by atoms with Gasteiger partial charge >= 0.3 is 0 Å². The van der Waals surface area contributed by atoms with Crippen LogP contribution >= 0.6 is 0 Å². The molecule has 1 heterocycles. The predicted molar refractivity (Wildman–Crippen MR) is 101 cm³/mol. The molecule has 1 aromatic rings. The lowest BCUT2D eigenvalue weighted by Gasteiger charge is -2.32. The molecule has 4 nitrogen and oxygen atoms in total. The summed E-state index contributed by atoms with van der Waals surface area (Å²) in [5, 5.41) is 3.29. The molecule has 1 saturated heterocycles. The van der Waals surface area contributed by atoms with Crippen molar-refractivity contribution in [3.63, 3.8) is 0 Å². The van der Waals surface area contributed by atoms with Crippen molar-refractivity contribution >= 4 is 11.8 Å². The standard InChI is InChI=1S/C22H29FN2O2/c23-19-8-4-15(5-9-19)14-18-2-1-3-20(18)24-21(26)16-10-12-25(13-11-16)22(27)17-6-7-17/h4-5,8-9,16-18,20H,1-3,6-7,10-14H2,(H,24,26)/t18-,20-/m0/s1. The smallest absolute Gasteiger partial charge is 0.225 e. The molecule has 146 valence electrons. The van der Waals surface area contributed by atoms with Crippen LogP contribution in [0.2, 0.25) is 0 Å². The number of rotatable bonds is 5. The highest BCUT2D eigenvalue weighted by atomic mass is 19.1. The van der Waals surface area contributed by atoms with Crippen LogP contribution in [0.4, 0.5) is 4.39 Å². The van der Waals surface area contributed by atoms with Gasteiger partial charge in [-0.15, -0.1) is 0 Å². The number of likely N-dealkylation sites (tertiary alicyclic amines) is 1. The first-order valence-electron chi connectivity index (χ1n) is 10.4. The lowest BCUT2D eigenvalue weighted by atomic mass is 9.92. The molecular formula is C22H29FN2O2.